The molecule has 2 nitrogen and oxygen atoms in total. The molecule has 4 rings (SSSR count). The standard InChI is InChI=1S/C14H16N2/c1-9-2-5-13-11(6-9)8-16-12-4-3-10(7-12)14(16)15-13/h2,5-6,10,12H,3-4,7-8H2,1H3. The monoisotopic (exact) mass is 212 g/mol. The lowest BCUT2D eigenvalue weighted by molar-refractivity contribution is 0.317. The van der Waals surface area contributed by atoms with Gasteiger partial charge in [-0.15, -0.1) is 0 Å². The van der Waals surface area contributed by atoms with Crippen LogP contribution in [0.2, 0.25) is 0 Å². The smallest absolute Gasteiger partial charge is 0.109 e. The number of piperidine rings is 1. The van der Waals surface area contributed by atoms with Gasteiger partial charge >= 0.3 is 0 Å². The Balaban J connectivity index is 1.84. The third-order valence-electron chi connectivity index (χ3n) is 4.32. The number of rotatable bonds is 0. The maximum atomic E-state index is 4.87. The van der Waals surface area contributed by atoms with Gasteiger partial charge in [-0.25, -0.2) is 4.99 Å². The molecule has 2 fully saturated rings. The average Bonchev–Trinajstić information content (AvgIpc) is 2.87. The third-order valence-corrected chi connectivity index (χ3v) is 4.32. The molecule has 0 aromatic heterocycles. The second kappa shape index (κ2) is 2.88. The molecule has 2 bridgehead atoms. The van der Waals surface area contributed by atoms with Gasteiger partial charge in [-0.3, -0.25) is 0 Å². The highest BCUT2D eigenvalue weighted by molar-refractivity contribution is 5.91. The Morgan fingerprint density at radius 2 is 2.25 bits per heavy atom. The van der Waals surface area contributed by atoms with Crippen molar-refractivity contribution in [3.63, 3.8) is 0 Å². The second-order valence-electron chi connectivity index (χ2n) is 5.39. The van der Waals surface area contributed by atoms with E-state index >= 15 is 0 Å². The number of hydrogen-bond donors (Lipinski definition) is 0. The first kappa shape index (κ1) is 8.80. The number of fused-ring (bicyclic) bond motifs is 6. The van der Waals surface area contributed by atoms with E-state index in [0.717, 1.165) is 18.5 Å². The fraction of sp³-hybridized carbons (Fsp3) is 0.500. The van der Waals surface area contributed by atoms with Crippen LogP contribution >= 0.6 is 0 Å². The van der Waals surface area contributed by atoms with Gasteiger partial charge in [0, 0.05) is 18.5 Å². The summed E-state index contributed by atoms with van der Waals surface area (Å²) in [4.78, 5) is 7.43. The Bertz CT molecular complexity index is 490. The van der Waals surface area contributed by atoms with Crippen LogP contribution < -0.4 is 0 Å². The quantitative estimate of drug-likeness (QED) is 0.645. The molecule has 1 aromatic carbocycles. The maximum Gasteiger partial charge on any atom is 0.109 e. The van der Waals surface area contributed by atoms with Gasteiger partial charge in [-0.1, -0.05) is 17.7 Å². The van der Waals surface area contributed by atoms with E-state index in [4.69, 9.17) is 4.99 Å². The van der Waals surface area contributed by atoms with Crippen molar-refractivity contribution in [1.82, 2.24) is 4.90 Å². The fourth-order valence-corrected chi connectivity index (χ4v) is 3.52. The molecule has 0 N–H and O–H groups in total. The molecule has 0 amide bonds. The molecule has 2 heteroatoms. The number of amidine groups is 1. The Hall–Kier alpha value is -1.31. The predicted octanol–water partition coefficient (Wildman–Crippen LogP) is 3.02. The lowest BCUT2D eigenvalue weighted by Crippen LogP contribution is -2.38. The van der Waals surface area contributed by atoms with Crippen LogP contribution in [0.25, 0.3) is 0 Å². The minimum absolute atomic E-state index is 0.763. The third kappa shape index (κ3) is 1.05. The van der Waals surface area contributed by atoms with Crippen molar-refractivity contribution >= 4 is 11.5 Å². The fourth-order valence-electron chi connectivity index (χ4n) is 3.52. The highest BCUT2D eigenvalue weighted by Crippen LogP contribution is 2.44. The molecule has 2 atom stereocenters. The van der Waals surface area contributed by atoms with Gasteiger partial charge in [0.05, 0.1) is 5.69 Å². The van der Waals surface area contributed by atoms with Gasteiger partial charge in [0.2, 0.25) is 0 Å². The number of hydrogen-bond acceptors (Lipinski definition) is 2. The van der Waals surface area contributed by atoms with Crippen molar-refractivity contribution < 1.29 is 0 Å². The Kier molecular flexibility index (Phi) is 1.58. The molecule has 1 aliphatic carbocycles. The minimum atomic E-state index is 0.763. The number of aryl methyl sites for hydroxylation is 1. The van der Waals surface area contributed by atoms with E-state index in [1.165, 1.54) is 41.9 Å². The summed E-state index contributed by atoms with van der Waals surface area (Å²) in [6, 6.07) is 7.44. The summed E-state index contributed by atoms with van der Waals surface area (Å²) in [7, 11) is 0. The first-order valence-electron chi connectivity index (χ1n) is 6.26. The molecule has 2 heterocycles. The SMILES string of the molecule is Cc1ccc2c(c1)CN1C(=N2)C2CCC1C2. The summed E-state index contributed by atoms with van der Waals surface area (Å²) in [6.45, 7) is 3.26. The van der Waals surface area contributed by atoms with Crippen LogP contribution in [0, 0.1) is 12.8 Å². The highest BCUT2D eigenvalue weighted by Gasteiger charge is 2.44. The van der Waals surface area contributed by atoms with Crippen molar-refractivity contribution in [3.05, 3.63) is 29.3 Å². The second-order valence-corrected chi connectivity index (χ2v) is 5.39. The lowest BCUT2D eigenvalue weighted by atomic mass is 10.0. The zero-order valence-corrected chi connectivity index (χ0v) is 9.61. The van der Waals surface area contributed by atoms with Crippen molar-refractivity contribution in [2.75, 3.05) is 0 Å². The first-order valence-corrected chi connectivity index (χ1v) is 6.26. The van der Waals surface area contributed by atoms with Gasteiger partial charge in [-0.05, 0) is 37.8 Å². The zero-order valence-electron chi connectivity index (χ0n) is 9.61. The minimum Gasteiger partial charge on any atom is -0.352 e. The van der Waals surface area contributed by atoms with Crippen molar-refractivity contribution in [2.45, 2.75) is 38.8 Å². The van der Waals surface area contributed by atoms with Crippen LogP contribution in [0.3, 0.4) is 0 Å². The van der Waals surface area contributed by atoms with Crippen LogP contribution in [0.15, 0.2) is 23.2 Å². The summed E-state index contributed by atoms with van der Waals surface area (Å²) >= 11 is 0. The number of aliphatic imine (C=N–C) groups is 1. The molecule has 2 aliphatic heterocycles. The van der Waals surface area contributed by atoms with E-state index in [-0.39, 0.29) is 0 Å². The Morgan fingerprint density at radius 1 is 1.31 bits per heavy atom. The van der Waals surface area contributed by atoms with E-state index < -0.39 is 0 Å². The average molecular weight is 212 g/mol. The summed E-state index contributed by atoms with van der Waals surface area (Å²) < 4.78 is 0. The molecule has 0 radical (unpaired) electrons. The van der Waals surface area contributed by atoms with E-state index in [2.05, 4.69) is 30.0 Å². The Morgan fingerprint density at radius 3 is 3.19 bits per heavy atom. The molecule has 82 valence electrons. The molecule has 2 unspecified atom stereocenters. The highest BCUT2D eigenvalue weighted by atomic mass is 15.3. The van der Waals surface area contributed by atoms with Crippen molar-refractivity contribution in [2.24, 2.45) is 10.9 Å². The molecule has 0 spiro atoms. The van der Waals surface area contributed by atoms with Gasteiger partial charge in [0.15, 0.2) is 0 Å². The predicted molar refractivity (Wildman–Crippen MR) is 64.9 cm³/mol. The summed E-state index contributed by atoms with van der Waals surface area (Å²) in [5.41, 5.74) is 3.97. The zero-order chi connectivity index (χ0) is 10.7. The van der Waals surface area contributed by atoms with Crippen LogP contribution in [-0.4, -0.2) is 16.8 Å². The summed E-state index contributed by atoms with van der Waals surface area (Å²) in [6.07, 6.45) is 4.10. The molecular weight excluding hydrogens is 196 g/mol. The summed E-state index contributed by atoms with van der Waals surface area (Å²) in [5, 5.41) is 0. The normalized spacial score (nSPS) is 30.1. The van der Waals surface area contributed by atoms with Crippen LogP contribution in [0.4, 0.5) is 5.69 Å². The van der Waals surface area contributed by atoms with Gasteiger partial charge < -0.3 is 4.90 Å². The molecule has 16 heavy (non-hydrogen) atoms. The van der Waals surface area contributed by atoms with Crippen LogP contribution in [0.1, 0.15) is 30.4 Å². The topological polar surface area (TPSA) is 15.6 Å². The van der Waals surface area contributed by atoms with E-state index in [1.807, 2.05) is 0 Å². The number of benzene rings is 1. The van der Waals surface area contributed by atoms with E-state index in [9.17, 15) is 0 Å². The maximum absolute atomic E-state index is 4.87. The van der Waals surface area contributed by atoms with Crippen LogP contribution in [-0.2, 0) is 6.54 Å². The van der Waals surface area contributed by atoms with Gasteiger partial charge in [0.25, 0.3) is 0 Å². The van der Waals surface area contributed by atoms with Crippen molar-refractivity contribution in [1.29, 1.82) is 0 Å². The molecular formula is C14H16N2. The Labute approximate surface area is 96.0 Å². The molecule has 3 aliphatic rings. The summed E-state index contributed by atoms with van der Waals surface area (Å²) in [5.74, 6) is 2.15. The largest absolute Gasteiger partial charge is 0.352 e. The van der Waals surface area contributed by atoms with Crippen LogP contribution in [0.5, 0.6) is 0 Å². The molecule has 1 aromatic rings. The molecule has 1 saturated heterocycles. The molecule has 1 saturated carbocycles. The van der Waals surface area contributed by atoms with Crippen molar-refractivity contribution in [3.8, 4) is 0 Å². The van der Waals surface area contributed by atoms with Gasteiger partial charge in [0.1, 0.15) is 5.84 Å². The number of nitrogens with zero attached hydrogens (tertiary/aromatic N) is 2. The first-order chi connectivity index (χ1) is 7.81. The lowest BCUT2D eigenvalue weighted by Gasteiger charge is -2.34. The van der Waals surface area contributed by atoms with E-state index in [0.29, 0.717) is 0 Å². The van der Waals surface area contributed by atoms with E-state index in [1.54, 1.807) is 0 Å². The van der Waals surface area contributed by atoms with Gasteiger partial charge in [-0.2, -0.15) is 0 Å².